The second-order valence-electron chi connectivity index (χ2n) is 4.62. The molecule has 2 aromatic rings. The molecule has 0 amide bonds. The number of hydrogen-bond donors (Lipinski definition) is 0. The molecule has 0 aliphatic carbocycles. The van der Waals surface area contributed by atoms with E-state index in [-0.39, 0.29) is 0 Å². The summed E-state index contributed by atoms with van der Waals surface area (Å²) in [4.78, 5) is 8.53. The maximum atomic E-state index is 5.98. The molecule has 0 unspecified atom stereocenters. The van der Waals surface area contributed by atoms with E-state index in [1.807, 2.05) is 26.0 Å². The van der Waals surface area contributed by atoms with Crippen molar-refractivity contribution in [2.45, 2.75) is 33.6 Å². The molecule has 0 bridgehead atoms. The van der Waals surface area contributed by atoms with Crippen molar-refractivity contribution in [3.63, 3.8) is 0 Å². The third-order valence-corrected chi connectivity index (χ3v) is 2.80. The van der Waals surface area contributed by atoms with Gasteiger partial charge in [-0.3, -0.25) is 0 Å². The minimum absolute atomic E-state index is 0.415. The Balaban J connectivity index is 2.27. The van der Waals surface area contributed by atoms with E-state index in [0.29, 0.717) is 11.0 Å². The van der Waals surface area contributed by atoms with Gasteiger partial charge in [0.05, 0.1) is 0 Å². The second kappa shape index (κ2) is 6.02. The van der Waals surface area contributed by atoms with Gasteiger partial charge in [0.15, 0.2) is 0 Å². The Morgan fingerprint density at radius 1 is 1.05 bits per heavy atom. The van der Waals surface area contributed by atoms with Crippen LogP contribution in [0.25, 0.3) is 0 Å². The Kier molecular flexibility index (Phi) is 4.38. The minimum atomic E-state index is 0.415. The van der Waals surface area contributed by atoms with E-state index in [1.165, 1.54) is 0 Å². The Morgan fingerprint density at radius 3 is 2.37 bits per heavy atom. The predicted molar refractivity (Wildman–Crippen MR) is 77.0 cm³/mol. The summed E-state index contributed by atoms with van der Waals surface area (Å²) in [7, 11) is 0. The largest absolute Gasteiger partial charge is 0.439 e. The van der Waals surface area contributed by atoms with Crippen LogP contribution in [0.1, 0.15) is 30.3 Å². The van der Waals surface area contributed by atoms with E-state index >= 15 is 0 Å². The van der Waals surface area contributed by atoms with Crippen LogP contribution in [0.2, 0.25) is 5.15 Å². The van der Waals surface area contributed by atoms with Gasteiger partial charge < -0.3 is 4.74 Å². The third-order valence-electron chi connectivity index (χ3n) is 2.61. The molecule has 4 heteroatoms. The highest BCUT2D eigenvalue weighted by molar-refractivity contribution is 6.29. The highest BCUT2D eigenvalue weighted by Gasteiger charge is 2.06. The Bertz CT molecular complexity index is 564. The molecule has 1 aromatic heterocycles. The van der Waals surface area contributed by atoms with Gasteiger partial charge in [-0.25, -0.2) is 4.98 Å². The van der Waals surface area contributed by atoms with Crippen molar-refractivity contribution in [1.29, 1.82) is 0 Å². The average molecular weight is 277 g/mol. The number of ether oxygens (including phenoxy) is 1. The lowest BCUT2D eigenvalue weighted by molar-refractivity contribution is 0.457. The summed E-state index contributed by atoms with van der Waals surface area (Å²) in [5.74, 6) is 1.98. The van der Waals surface area contributed by atoms with Crippen molar-refractivity contribution in [2.75, 3.05) is 0 Å². The molecule has 0 spiro atoms. The number of aromatic nitrogens is 2. The van der Waals surface area contributed by atoms with Crippen molar-refractivity contribution in [2.24, 2.45) is 0 Å². The van der Waals surface area contributed by atoms with Crippen molar-refractivity contribution in [1.82, 2.24) is 9.97 Å². The van der Waals surface area contributed by atoms with Crippen molar-refractivity contribution in [3.05, 3.63) is 46.4 Å². The molecule has 100 valence electrons. The number of halogens is 1. The SMILES string of the molecule is CCCc1nc(Cl)cc(Oc2cc(C)cc(C)c2)n1. The maximum absolute atomic E-state index is 5.98. The second-order valence-corrected chi connectivity index (χ2v) is 5.01. The van der Waals surface area contributed by atoms with Gasteiger partial charge in [0.25, 0.3) is 0 Å². The monoisotopic (exact) mass is 276 g/mol. The standard InChI is InChI=1S/C15H17ClN2O/c1-4-5-14-17-13(16)9-15(18-14)19-12-7-10(2)6-11(3)8-12/h6-9H,4-5H2,1-3H3. The average Bonchev–Trinajstić information content (AvgIpc) is 2.26. The molecule has 0 atom stereocenters. The van der Waals surface area contributed by atoms with Crippen LogP contribution < -0.4 is 4.74 Å². The quantitative estimate of drug-likeness (QED) is 0.772. The molecule has 0 aliphatic rings. The number of benzene rings is 1. The highest BCUT2D eigenvalue weighted by atomic mass is 35.5. The summed E-state index contributed by atoms with van der Waals surface area (Å²) in [5, 5.41) is 0.415. The highest BCUT2D eigenvalue weighted by Crippen LogP contribution is 2.24. The summed E-state index contributed by atoms with van der Waals surface area (Å²) < 4.78 is 5.77. The molecular formula is C15H17ClN2O. The first kappa shape index (κ1) is 13.8. The molecule has 0 aliphatic heterocycles. The van der Waals surface area contributed by atoms with E-state index in [1.54, 1.807) is 6.07 Å². The lowest BCUT2D eigenvalue weighted by Gasteiger charge is -2.08. The topological polar surface area (TPSA) is 35.0 Å². The molecule has 0 saturated heterocycles. The first-order valence-corrected chi connectivity index (χ1v) is 6.74. The summed E-state index contributed by atoms with van der Waals surface area (Å²) in [5.41, 5.74) is 2.31. The lowest BCUT2D eigenvalue weighted by Crippen LogP contribution is -1.98. The molecule has 19 heavy (non-hydrogen) atoms. The van der Waals surface area contributed by atoms with Gasteiger partial charge in [-0.1, -0.05) is 24.6 Å². The van der Waals surface area contributed by atoms with Crippen LogP contribution in [-0.4, -0.2) is 9.97 Å². The molecule has 0 saturated carbocycles. The fraction of sp³-hybridized carbons (Fsp3) is 0.333. The van der Waals surface area contributed by atoms with Crippen LogP contribution in [0.5, 0.6) is 11.6 Å². The van der Waals surface area contributed by atoms with Crippen molar-refractivity contribution in [3.8, 4) is 11.6 Å². The van der Waals surface area contributed by atoms with Gasteiger partial charge in [0, 0.05) is 12.5 Å². The predicted octanol–water partition coefficient (Wildman–Crippen LogP) is 4.49. The van der Waals surface area contributed by atoms with E-state index in [9.17, 15) is 0 Å². The number of rotatable bonds is 4. The summed E-state index contributed by atoms with van der Waals surface area (Å²) in [6, 6.07) is 7.69. The Labute approximate surface area is 118 Å². The van der Waals surface area contributed by atoms with Crippen LogP contribution in [-0.2, 0) is 6.42 Å². The van der Waals surface area contributed by atoms with Gasteiger partial charge in [0.1, 0.15) is 16.7 Å². The zero-order valence-corrected chi connectivity index (χ0v) is 12.2. The minimum Gasteiger partial charge on any atom is -0.439 e. The van der Waals surface area contributed by atoms with Gasteiger partial charge >= 0.3 is 0 Å². The molecular weight excluding hydrogens is 260 g/mol. The van der Waals surface area contributed by atoms with E-state index in [2.05, 4.69) is 23.0 Å². The van der Waals surface area contributed by atoms with Crippen LogP contribution in [0, 0.1) is 13.8 Å². The Morgan fingerprint density at radius 2 is 1.74 bits per heavy atom. The molecule has 1 heterocycles. The third kappa shape index (κ3) is 3.93. The number of nitrogens with zero attached hydrogens (tertiary/aromatic N) is 2. The van der Waals surface area contributed by atoms with E-state index in [0.717, 1.165) is 35.5 Å². The molecule has 3 nitrogen and oxygen atoms in total. The molecule has 0 fully saturated rings. The van der Waals surface area contributed by atoms with E-state index < -0.39 is 0 Å². The van der Waals surface area contributed by atoms with Crippen LogP contribution >= 0.6 is 11.6 Å². The zero-order chi connectivity index (χ0) is 13.8. The fourth-order valence-corrected chi connectivity index (χ4v) is 2.13. The fourth-order valence-electron chi connectivity index (χ4n) is 1.94. The summed E-state index contributed by atoms with van der Waals surface area (Å²) >= 11 is 5.98. The van der Waals surface area contributed by atoms with Gasteiger partial charge in [-0.2, -0.15) is 4.98 Å². The van der Waals surface area contributed by atoms with Crippen LogP contribution in [0.15, 0.2) is 24.3 Å². The molecule has 0 radical (unpaired) electrons. The molecule has 2 rings (SSSR count). The first-order valence-electron chi connectivity index (χ1n) is 6.36. The smallest absolute Gasteiger partial charge is 0.224 e. The van der Waals surface area contributed by atoms with Gasteiger partial charge in [-0.05, 0) is 43.5 Å². The Hall–Kier alpha value is -1.61. The maximum Gasteiger partial charge on any atom is 0.224 e. The van der Waals surface area contributed by atoms with E-state index in [4.69, 9.17) is 16.3 Å². The van der Waals surface area contributed by atoms with Crippen molar-refractivity contribution >= 4 is 11.6 Å². The van der Waals surface area contributed by atoms with Crippen LogP contribution in [0.4, 0.5) is 0 Å². The van der Waals surface area contributed by atoms with Crippen molar-refractivity contribution < 1.29 is 4.74 Å². The summed E-state index contributed by atoms with van der Waals surface area (Å²) in [6.07, 6.45) is 1.77. The number of aryl methyl sites for hydroxylation is 3. The lowest BCUT2D eigenvalue weighted by atomic mass is 10.1. The molecule has 0 N–H and O–H groups in total. The zero-order valence-electron chi connectivity index (χ0n) is 11.4. The van der Waals surface area contributed by atoms with Gasteiger partial charge in [-0.15, -0.1) is 0 Å². The normalized spacial score (nSPS) is 10.5. The number of hydrogen-bond acceptors (Lipinski definition) is 3. The summed E-state index contributed by atoms with van der Waals surface area (Å²) in [6.45, 7) is 6.15. The van der Waals surface area contributed by atoms with Gasteiger partial charge in [0.2, 0.25) is 5.88 Å². The molecule has 1 aromatic carbocycles. The first-order chi connectivity index (χ1) is 9.06. The van der Waals surface area contributed by atoms with Crippen LogP contribution in [0.3, 0.4) is 0 Å².